The highest BCUT2D eigenvalue weighted by molar-refractivity contribution is 7.99. The number of nitrogens with zero attached hydrogens (tertiary/aromatic N) is 1. The predicted octanol–water partition coefficient (Wildman–Crippen LogP) is 1.93. The van der Waals surface area contributed by atoms with Crippen LogP contribution in [0.1, 0.15) is 11.5 Å². The Morgan fingerprint density at radius 1 is 1.35 bits per heavy atom. The summed E-state index contributed by atoms with van der Waals surface area (Å²) in [4.78, 5) is 4.97. The lowest BCUT2D eigenvalue weighted by molar-refractivity contribution is 0.431. The third-order valence-corrected chi connectivity index (χ3v) is 5.10. The fraction of sp³-hybridized carbons (Fsp3) is 0.250. The lowest BCUT2D eigenvalue weighted by Crippen LogP contribution is -2.18. The molecule has 0 saturated carbocycles. The number of aryl methyl sites for hydroxylation is 2. The second-order valence-electron chi connectivity index (χ2n) is 4.13. The number of hydrogen-bond donors (Lipinski definition) is 2. The zero-order valence-corrected chi connectivity index (χ0v) is 12.9. The van der Waals surface area contributed by atoms with Crippen LogP contribution in [0.25, 0.3) is 0 Å². The Bertz CT molecular complexity index is 719. The Kier molecular flexibility index (Phi) is 4.07. The average molecular weight is 313 g/mol. The monoisotopic (exact) mass is 313 g/mol. The number of sulfonamides is 1. The van der Waals surface area contributed by atoms with Crippen LogP contribution in [0.4, 0.5) is 5.69 Å². The van der Waals surface area contributed by atoms with Crippen molar-refractivity contribution in [1.29, 1.82) is 0 Å². The smallest absolute Gasteiger partial charge is 0.261 e. The van der Waals surface area contributed by atoms with Gasteiger partial charge < -0.3 is 10.2 Å². The summed E-state index contributed by atoms with van der Waals surface area (Å²) in [6, 6.07) is 4.51. The molecule has 0 bridgehead atoms. The first-order valence-electron chi connectivity index (χ1n) is 5.78. The quantitative estimate of drug-likeness (QED) is 0.837. The van der Waals surface area contributed by atoms with Crippen molar-refractivity contribution in [2.75, 3.05) is 12.8 Å². The molecule has 3 N–H and O–H groups in total. The first-order valence-corrected chi connectivity index (χ1v) is 8.08. The molecule has 0 atom stereocenters. The SMILES string of the molecule is CNS(=O)(=O)c1ccc(N)c(Sc2nc(C)c(C)o2)c1. The molecule has 0 aliphatic rings. The summed E-state index contributed by atoms with van der Waals surface area (Å²) in [6.07, 6.45) is 0. The number of hydrogen-bond acceptors (Lipinski definition) is 6. The summed E-state index contributed by atoms with van der Waals surface area (Å²) in [7, 11) is -2.14. The summed E-state index contributed by atoms with van der Waals surface area (Å²) in [5, 5.41) is 0.436. The Balaban J connectivity index is 2.39. The van der Waals surface area contributed by atoms with E-state index in [2.05, 4.69) is 9.71 Å². The second-order valence-corrected chi connectivity index (χ2v) is 7.01. The van der Waals surface area contributed by atoms with Gasteiger partial charge in [0.25, 0.3) is 5.22 Å². The molecule has 0 fully saturated rings. The minimum Gasteiger partial charge on any atom is -0.436 e. The van der Waals surface area contributed by atoms with Gasteiger partial charge in [-0.2, -0.15) is 0 Å². The van der Waals surface area contributed by atoms with Crippen LogP contribution >= 0.6 is 11.8 Å². The van der Waals surface area contributed by atoms with E-state index in [1.807, 2.05) is 13.8 Å². The first-order chi connectivity index (χ1) is 9.33. The minimum atomic E-state index is -3.50. The summed E-state index contributed by atoms with van der Waals surface area (Å²) < 4.78 is 31.3. The molecule has 0 saturated heterocycles. The Hall–Kier alpha value is -1.51. The third-order valence-electron chi connectivity index (χ3n) is 2.77. The lowest BCUT2D eigenvalue weighted by Gasteiger charge is -2.07. The molecule has 0 unspecified atom stereocenters. The van der Waals surface area contributed by atoms with Crippen molar-refractivity contribution in [1.82, 2.24) is 9.71 Å². The second kappa shape index (κ2) is 5.47. The van der Waals surface area contributed by atoms with Crippen molar-refractivity contribution in [2.45, 2.75) is 28.9 Å². The van der Waals surface area contributed by atoms with Crippen molar-refractivity contribution < 1.29 is 12.8 Å². The number of oxazole rings is 1. The molecule has 8 heteroatoms. The summed E-state index contributed by atoms with van der Waals surface area (Å²) in [5.41, 5.74) is 7.13. The van der Waals surface area contributed by atoms with Crippen LogP contribution in [0.3, 0.4) is 0 Å². The molecule has 0 radical (unpaired) electrons. The highest BCUT2D eigenvalue weighted by Crippen LogP contribution is 2.33. The zero-order valence-electron chi connectivity index (χ0n) is 11.3. The molecule has 0 aliphatic heterocycles. The number of benzene rings is 1. The highest BCUT2D eigenvalue weighted by Gasteiger charge is 2.15. The maximum atomic E-state index is 11.8. The van der Waals surface area contributed by atoms with E-state index in [0.29, 0.717) is 15.8 Å². The van der Waals surface area contributed by atoms with Crippen LogP contribution in [0.15, 0.2) is 37.6 Å². The van der Waals surface area contributed by atoms with E-state index in [0.717, 1.165) is 11.5 Å². The normalized spacial score (nSPS) is 11.8. The van der Waals surface area contributed by atoms with E-state index in [1.165, 1.54) is 30.9 Å². The van der Waals surface area contributed by atoms with Crippen molar-refractivity contribution in [3.05, 3.63) is 29.7 Å². The van der Waals surface area contributed by atoms with Gasteiger partial charge >= 0.3 is 0 Å². The van der Waals surface area contributed by atoms with Crippen molar-refractivity contribution in [2.24, 2.45) is 0 Å². The van der Waals surface area contributed by atoms with E-state index in [9.17, 15) is 8.42 Å². The average Bonchev–Trinajstić information content (AvgIpc) is 2.71. The molecule has 2 rings (SSSR count). The topological polar surface area (TPSA) is 98.2 Å². The van der Waals surface area contributed by atoms with Crippen LogP contribution in [0, 0.1) is 13.8 Å². The van der Waals surface area contributed by atoms with Gasteiger partial charge in [-0.1, -0.05) is 0 Å². The Morgan fingerprint density at radius 3 is 2.60 bits per heavy atom. The van der Waals surface area contributed by atoms with Gasteiger partial charge in [0, 0.05) is 10.6 Å². The number of nitrogen functional groups attached to an aromatic ring is 1. The van der Waals surface area contributed by atoms with E-state index in [4.69, 9.17) is 10.2 Å². The molecule has 108 valence electrons. The molecule has 0 amide bonds. The van der Waals surface area contributed by atoms with E-state index in [-0.39, 0.29) is 4.90 Å². The van der Waals surface area contributed by atoms with Crippen LogP contribution < -0.4 is 10.5 Å². The standard InChI is InChI=1S/C12H15N3O3S2/c1-7-8(2)18-12(15-7)19-11-6-9(4-5-10(11)13)20(16,17)14-3/h4-6,14H,13H2,1-3H3. The van der Waals surface area contributed by atoms with Gasteiger partial charge in [-0.05, 0) is 50.9 Å². The van der Waals surface area contributed by atoms with E-state index < -0.39 is 10.0 Å². The molecule has 0 spiro atoms. The Morgan fingerprint density at radius 2 is 2.05 bits per heavy atom. The number of nitrogens with one attached hydrogen (secondary N) is 1. The van der Waals surface area contributed by atoms with Gasteiger partial charge in [-0.3, -0.25) is 0 Å². The number of rotatable bonds is 4. The summed E-state index contributed by atoms with van der Waals surface area (Å²) in [5.74, 6) is 0.727. The zero-order chi connectivity index (χ0) is 14.9. The molecule has 20 heavy (non-hydrogen) atoms. The first kappa shape index (κ1) is 14.9. The summed E-state index contributed by atoms with van der Waals surface area (Å²) in [6.45, 7) is 3.66. The van der Waals surface area contributed by atoms with Gasteiger partial charge in [0.2, 0.25) is 10.0 Å². The van der Waals surface area contributed by atoms with Gasteiger partial charge in [-0.15, -0.1) is 0 Å². The maximum absolute atomic E-state index is 11.8. The molecule has 2 aromatic rings. The fourth-order valence-electron chi connectivity index (χ4n) is 1.47. The molecule has 1 aromatic heterocycles. The van der Waals surface area contributed by atoms with Crippen LogP contribution in [0.5, 0.6) is 0 Å². The summed E-state index contributed by atoms with van der Waals surface area (Å²) >= 11 is 1.19. The van der Waals surface area contributed by atoms with Gasteiger partial charge in [0.05, 0.1) is 10.6 Å². The molecule has 0 aliphatic carbocycles. The number of anilines is 1. The van der Waals surface area contributed by atoms with Crippen LogP contribution in [0.2, 0.25) is 0 Å². The Labute approximate surface area is 121 Å². The minimum absolute atomic E-state index is 0.150. The lowest BCUT2D eigenvalue weighted by atomic mass is 10.3. The number of aromatic nitrogens is 1. The molecule has 6 nitrogen and oxygen atoms in total. The van der Waals surface area contributed by atoms with Crippen molar-refractivity contribution in [3.63, 3.8) is 0 Å². The van der Waals surface area contributed by atoms with Crippen LogP contribution in [-0.2, 0) is 10.0 Å². The molecular formula is C12H15N3O3S2. The third kappa shape index (κ3) is 2.97. The van der Waals surface area contributed by atoms with Gasteiger partial charge in [0.15, 0.2) is 0 Å². The molecular weight excluding hydrogens is 298 g/mol. The predicted molar refractivity (Wildman–Crippen MR) is 77.2 cm³/mol. The van der Waals surface area contributed by atoms with E-state index in [1.54, 1.807) is 6.07 Å². The number of nitrogens with two attached hydrogens (primary N) is 1. The van der Waals surface area contributed by atoms with Crippen molar-refractivity contribution >= 4 is 27.5 Å². The largest absolute Gasteiger partial charge is 0.436 e. The van der Waals surface area contributed by atoms with Crippen LogP contribution in [-0.4, -0.2) is 20.4 Å². The molecule has 1 aromatic carbocycles. The molecule has 1 heterocycles. The highest BCUT2D eigenvalue weighted by atomic mass is 32.2. The maximum Gasteiger partial charge on any atom is 0.261 e. The van der Waals surface area contributed by atoms with Gasteiger partial charge in [-0.25, -0.2) is 18.1 Å². The fourth-order valence-corrected chi connectivity index (χ4v) is 3.21. The van der Waals surface area contributed by atoms with E-state index >= 15 is 0 Å². The van der Waals surface area contributed by atoms with Gasteiger partial charge in [0.1, 0.15) is 5.76 Å². The van der Waals surface area contributed by atoms with Crippen molar-refractivity contribution in [3.8, 4) is 0 Å².